The molecule has 0 atom stereocenters. The number of hydrogen-bond acceptors (Lipinski definition) is 4. The van der Waals surface area contributed by atoms with Crippen molar-refractivity contribution in [3.05, 3.63) is 29.3 Å². The second-order valence-corrected chi connectivity index (χ2v) is 5.39. The third kappa shape index (κ3) is 3.97. The molecule has 1 aromatic rings. The van der Waals surface area contributed by atoms with E-state index >= 15 is 0 Å². The van der Waals surface area contributed by atoms with Crippen LogP contribution in [0.15, 0.2) is 12.1 Å². The minimum Gasteiger partial charge on any atom is -0.487 e. The normalized spacial score (nSPS) is 20.8. The van der Waals surface area contributed by atoms with E-state index in [-0.39, 0.29) is 23.7 Å². The molecule has 0 bridgehead atoms. The fourth-order valence-corrected chi connectivity index (χ4v) is 2.64. The molecule has 0 saturated heterocycles. The number of halogens is 2. The lowest BCUT2D eigenvalue weighted by Gasteiger charge is -2.27. The maximum atomic E-state index is 13.8. The van der Waals surface area contributed by atoms with Gasteiger partial charge in [0.05, 0.1) is 24.2 Å². The van der Waals surface area contributed by atoms with Crippen molar-refractivity contribution >= 4 is 11.9 Å². The summed E-state index contributed by atoms with van der Waals surface area (Å²) >= 11 is 0. The predicted octanol–water partition coefficient (Wildman–Crippen LogP) is 3.16. The first kappa shape index (κ1) is 17.2. The fourth-order valence-electron chi connectivity index (χ4n) is 2.64. The third-order valence-corrected chi connectivity index (χ3v) is 3.87. The van der Waals surface area contributed by atoms with Crippen LogP contribution in [0.3, 0.4) is 0 Å². The van der Waals surface area contributed by atoms with E-state index in [9.17, 15) is 18.4 Å². The van der Waals surface area contributed by atoms with Gasteiger partial charge in [0, 0.05) is 0 Å². The van der Waals surface area contributed by atoms with Crippen LogP contribution in [0.2, 0.25) is 0 Å². The van der Waals surface area contributed by atoms with E-state index in [1.54, 1.807) is 6.92 Å². The van der Waals surface area contributed by atoms with Crippen LogP contribution in [-0.4, -0.2) is 29.8 Å². The molecule has 0 amide bonds. The summed E-state index contributed by atoms with van der Waals surface area (Å²) in [6.45, 7) is 2.07. The maximum Gasteiger partial charge on any atom is 0.338 e. The Labute approximate surface area is 132 Å². The number of carboxylic acids is 1. The Morgan fingerprint density at radius 3 is 2.39 bits per heavy atom. The molecule has 0 aromatic heterocycles. The van der Waals surface area contributed by atoms with Gasteiger partial charge in [0.2, 0.25) is 5.82 Å². The third-order valence-electron chi connectivity index (χ3n) is 3.87. The van der Waals surface area contributed by atoms with Gasteiger partial charge in [0.1, 0.15) is 0 Å². The average Bonchev–Trinajstić information content (AvgIpc) is 2.52. The minimum atomic E-state index is -1.54. The second kappa shape index (κ2) is 7.39. The summed E-state index contributed by atoms with van der Waals surface area (Å²) in [5.74, 6) is -5.03. The van der Waals surface area contributed by atoms with Gasteiger partial charge in [-0.25, -0.2) is 9.18 Å². The van der Waals surface area contributed by atoms with Gasteiger partial charge in [0.15, 0.2) is 11.6 Å². The van der Waals surface area contributed by atoms with E-state index in [2.05, 4.69) is 0 Å². The summed E-state index contributed by atoms with van der Waals surface area (Å²) in [5.41, 5.74) is -0.735. The van der Waals surface area contributed by atoms with Crippen LogP contribution in [0, 0.1) is 17.6 Å². The van der Waals surface area contributed by atoms with Crippen molar-refractivity contribution in [2.75, 3.05) is 6.61 Å². The number of carbonyl (C=O) groups excluding carboxylic acids is 1. The van der Waals surface area contributed by atoms with Crippen molar-refractivity contribution in [3.63, 3.8) is 0 Å². The van der Waals surface area contributed by atoms with E-state index in [0.717, 1.165) is 12.1 Å². The van der Waals surface area contributed by atoms with Crippen molar-refractivity contribution in [3.8, 4) is 5.75 Å². The zero-order valence-electron chi connectivity index (χ0n) is 12.7. The van der Waals surface area contributed by atoms with Crippen LogP contribution >= 0.6 is 0 Å². The Kier molecular flexibility index (Phi) is 5.52. The quantitative estimate of drug-likeness (QED) is 0.841. The number of benzene rings is 1. The number of aromatic carboxylic acids is 1. The van der Waals surface area contributed by atoms with E-state index in [0.29, 0.717) is 32.3 Å². The van der Waals surface area contributed by atoms with Crippen molar-refractivity contribution in [1.29, 1.82) is 0 Å². The summed E-state index contributed by atoms with van der Waals surface area (Å²) in [6.07, 6.45) is 1.81. The Morgan fingerprint density at radius 1 is 1.17 bits per heavy atom. The molecule has 1 N–H and O–H groups in total. The number of carbonyl (C=O) groups is 2. The van der Waals surface area contributed by atoms with E-state index in [1.807, 2.05) is 0 Å². The van der Waals surface area contributed by atoms with Gasteiger partial charge in [-0.2, -0.15) is 4.39 Å². The lowest BCUT2D eigenvalue weighted by atomic mass is 9.87. The number of esters is 1. The predicted molar refractivity (Wildman–Crippen MR) is 76.3 cm³/mol. The molecule has 2 rings (SSSR count). The summed E-state index contributed by atoms with van der Waals surface area (Å²) < 4.78 is 37.9. The van der Waals surface area contributed by atoms with Crippen LogP contribution in [0.5, 0.6) is 5.75 Å². The number of hydrogen-bond donors (Lipinski definition) is 1. The van der Waals surface area contributed by atoms with Crippen LogP contribution in [-0.2, 0) is 9.53 Å². The average molecular weight is 328 g/mol. The highest BCUT2D eigenvalue weighted by molar-refractivity contribution is 5.88. The van der Waals surface area contributed by atoms with Crippen molar-refractivity contribution in [2.45, 2.75) is 38.7 Å². The first-order chi connectivity index (χ1) is 10.9. The molecule has 0 spiro atoms. The van der Waals surface area contributed by atoms with Gasteiger partial charge in [-0.05, 0) is 44.7 Å². The molecule has 0 heterocycles. The fraction of sp³-hybridized carbons (Fsp3) is 0.500. The molecule has 23 heavy (non-hydrogen) atoms. The van der Waals surface area contributed by atoms with E-state index < -0.39 is 23.2 Å². The van der Waals surface area contributed by atoms with E-state index in [4.69, 9.17) is 14.6 Å². The number of ether oxygens (including phenoxy) is 2. The summed E-state index contributed by atoms with van der Waals surface area (Å²) in [4.78, 5) is 22.4. The maximum absolute atomic E-state index is 13.8. The Morgan fingerprint density at radius 2 is 1.83 bits per heavy atom. The zero-order valence-corrected chi connectivity index (χ0v) is 12.7. The largest absolute Gasteiger partial charge is 0.487 e. The smallest absolute Gasteiger partial charge is 0.338 e. The molecule has 1 aromatic carbocycles. The number of carboxylic acid groups (broad SMARTS) is 1. The molecule has 1 saturated carbocycles. The molecule has 1 aliphatic rings. The molecule has 0 radical (unpaired) electrons. The second-order valence-electron chi connectivity index (χ2n) is 5.39. The zero-order chi connectivity index (χ0) is 17.0. The van der Waals surface area contributed by atoms with Gasteiger partial charge in [-0.3, -0.25) is 4.79 Å². The van der Waals surface area contributed by atoms with Crippen molar-refractivity contribution in [2.24, 2.45) is 5.92 Å². The molecule has 0 unspecified atom stereocenters. The van der Waals surface area contributed by atoms with Gasteiger partial charge in [0.25, 0.3) is 0 Å². The highest BCUT2D eigenvalue weighted by Crippen LogP contribution is 2.30. The Balaban J connectivity index is 1.98. The molecule has 1 fully saturated rings. The van der Waals surface area contributed by atoms with Gasteiger partial charge >= 0.3 is 11.9 Å². The van der Waals surface area contributed by atoms with Crippen LogP contribution in [0.1, 0.15) is 43.0 Å². The number of rotatable bonds is 5. The van der Waals surface area contributed by atoms with Crippen LogP contribution in [0.25, 0.3) is 0 Å². The van der Waals surface area contributed by atoms with Gasteiger partial charge < -0.3 is 14.6 Å². The van der Waals surface area contributed by atoms with Crippen LogP contribution < -0.4 is 4.74 Å². The Bertz CT molecular complexity index is 594. The lowest BCUT2D eigenvalue weighted by molar-refractivity contribution is -0.149. The topological polar surface area (TPSA) is 72.8 Å². The summed E-state index contributed by atoms with van der Waals surface area (Å²) in [6, 6.07) is 2.08. The van der Waals surface area contributed by atoms with E-state index in [1.165, 1.54) is 0 Å². The lowest BCUT2D eigenvalue weighted by Crippen LogP contribution is -2.29. The molecular weight excluding hydrogens is 310 g/mol. The molecule has 7 heteroatoms. The molecule has 5 nitrogen and oxygen atoms in total. The molecule has 0 aliphatic heterocycles. The molecule has 126 valence electrons. The standard InChI is InChI=1S/C16H18F2O5/c1-2-22-16(21)9-3-5-10(6-4-9)23-12-8-7-11(15(19)20)13(17)14(12)18/h7-10H,2-6H2,1H3,(H,19,20). The minimum absolute atomic E-state index is 0.189. The van der Waals surface area contributed by atoms with Crippen molar-refractivity contribution < 1.29 is 33.0 Å². The van der Waals surface area contributed by atoms with Gasteiger partial charge in [-0.1, -0.05) is 0 Å². The Hall–Kier alpha value is -2.18. The SMILES string of the molecule is CCOC(=O)C1CCC(Oc2ccc(C(=O)O)c(F)c2F)CC1. The van der Waals surface area contributed by atoms with Crippen molar-refractivity contribution in [1.82, 2.24) is 0 Å². The summed E-state index contributed by atoms with van der Waals surface area (Å²) in [5, 5.41) is 8.74. The molecule has 1 aliphatic carbocycles. The monoisotopic (exact) mass is 328 g/mol. The first-order valence-electron chi connectivity index (χ1n) is 7.48. The first-order valence-corrected chi connectivity index (χ1v) is 7.48. The highest BCUT2D eigenvalue weighted by atomic mass is 19.2. The highest BCUT2D eigenvalue weighted by Gasteiger charge is 2.29. The van der Waals surface area contributed by atoms with Crippen LogP contribution in [0.4, 0.5) is 8.78 Å². The summed E-state index contributed by atoms with van der Waals surface area (Å²) in [7, 11) is 0. The van der Waals surface area contributed by atoms with Gasteiger partial charge in [-0.15, -0.1) is 0 Å². The molecular formula is C16H18F2O5.